The van der Waals surface area contributed by atoms with Crippen LogP contribution >= 0.6 is 0 Å². The highest BCUT2D eigenvalue weighted by Crippen LogP contribution is 2.41. The monoisotopic (exact) mass is 1950 g/mol. The van der Waals surface area contributed by atoms with Crippen LogP contribution < -0.4 is 45.5 Å². The Morgan fingerprint density at radius 3 is 1.01 bits per heavy atom. The number of aryl methyl sites for hydroxylation is 3. The summed E-state index contributed by atoms with van der Waals surface area (Å²) in [5, 5.41) is 24.7. The number of hydrogen-bond donors (Lipinski definition) is 5. The van der Waals surface area contributed by atoms with Gasteiger partial charge in [0, 0.05) is 34.6 Å². The number of hydrogen-bond acceptors (Lipinski definition) is 20. The number of methoxy groups -OCH3 is 1. The molecule has 41 heteroatoms. The molecule has 11 aromatic heterocycles. The van der Waals surface area contributed by atoms with E-state index in [0.29, 0.717) is 63.3 Å². The summed E-state index contributed by atoms with van der Waals surface area (Å²) >= 11 is 0. The zero-order valence-electron chi connectivity index (χ0n) is 74.2. The van der Waals surface area contributed by atoms with Crippen LogP contribution in [0.2, 0.25) is 0 Å². The number of imidazole rings is 5. The van der Waals surface area contributed by atoms with Crippen LogP contribution in [0.25, 0.3) is 84.4 Å². The van der Waals surface area contributed by atoms with Crippen LogP contribution in [-0.2, 0) is 18.5 Å². The largest absolute Gasteiger partial charge is 0.573 e. The van der Waals surface area contributed by atoms with Gasteiger partial charge in [-0.05, 0) is 263 Å². The molecule has 718 valence electrons. The maximum Gasteiger partial charge on any atom is 0.573 e. The van der Waals surface area contributed by atoms with Crippen molar-refractivity contribution in [2.45, 2.75) is 58.9 Å². The number of aromatic nitrogens is 15. The lowest BCUT2D eigenvalue weighted by Crippen LogP contribution is -2.16. The molecule has 0 spiro atoms. The van der Waals surface area contributed by atoms with E-state index in [1.807, 2.05) is 156 Å². The van der Waals surface area contributed by atoms with Gasteiger partial charge in [-0.1, -0.05) is 78.9 Å². The second kappa shape index (κ2) is 41.8. The average Bonchev–Trinajstić information content (AvgIpc) is 1.61. The number of rotatable bonds is 21. The van der Waals surface area contributed by atoms with Gasteiger partial charge in [0.2, 0.25) is 5.82 Å². The maximum absolute atomic E-state index is 13.7. The van der Waals surface area contributed by atoms with Gasteiger partial charge in [0.05, 0.1) is 62.4 Å². The summed E-state index contributed by atoms with van der Waals surface area (Å²) in [5.74, 6) is 6.24. The molecule has 0 saturated carbocycles. The number of pyridine rings is 6. The molecule has 25 nitrogen and oxygen atoms in total. The number of nitrogens with zero attached hydrogens (tertiary/aromatic N) is 16. The molecule has 20 rings (SSSR count). The minimum absolute atomic E-state index is 0.00596. The van der Waals surface area contributed by atoms with Crippen molar-refractivity contribution in [2.24, 2.45) is 0 Å². The fraction of sp³-hybridized carbons (Fsp3) is 0.0990. The lowest BCUT2D eigenvalue weighted by atomic mass is 10.1. The molecular weight excluding hydrogens is 1880 g/mol. The summed E-state index contributed by atoms with van der Waals surface area (Å²) in [6.07, 6.45) is -17.0. The van der Waals surface area contributed by atoms with E-state index in [9.17, 15) is 75.5 Å². The molecule has 0 fully saturated rings. The summed E-state index contributed by atoms with van der Waals surface area (Å²) in [6, 6.07) is 89.5. The molecule has 9 aromatic carbocycles. The minimum atomic E-state index is -4.71. The van der Waals surface area contributed by atoms with Crippen LogP contribution in [0.4, 0.5) is 128 Å². The fourth-order valence-electron chi connectivity index (χ4n) is 14.8. The van der Waals surface area contributed by atoms with Crippen molar-refractivity contribution in [3.8, 4) is 63.7 Å². The lowest BCUT2D eigenvalue weighted by Gasteiger charge is -2.13. The summed E-state index contributed by atoms with van der Waals surface area (Å²) in [6.45, 7) is -0.0344. The van der Waals surface area contributed by atoms with Gasteiger partial charge in [-0.3, -0.25) is 22.7 Å². The molecule has 11 heterocycles. The topological polar surface area (TPSA) is 274 Å². The highest BCUT2D eigenvalue weighted by atomic mass is 19.4. The van der Waals surface area contributed by atoms with Crippen molar-refractivity contribution in [3.05, 3.63) is 368 Å². The molecule has 0 atom stereocenters. The van der Waals surface area contributed by atoms with E-state index in [0.717, 1.165) is 73.1 Å². The summed E-state index contributed by atoms with van der Waals surface area (Å²) in [4.78, 5) is 43.5. The van der Waals surface area contributed by atoms with Crippen molar-refractivity contribution < 1.29 is 89.2 Å². The van der Waals surface area contributed by atoms with Gasteiger partial charge in [0.25, 0.3) is 0 Å². The number of ether oxygens (including phenoxy) is 4. The second-order valence-electron chi connectivity index (χ2n) is 30.5. The third-order valence-electron chi connectivity index (χ3n) is 20.8. The third-order valence-corrected chi connectivity index (χ3v) is 20.8. The number of nitrogens with one attached hydrogen (secondary N) is 5. The summed E-state index contributed by atoms with van der Waals surface area (Å²) in [5.41, 5.74) is 6.90. The molecule has 142 heavy (non-hydrogen) atoms. The minimum Gasteiger partial charge on any atom is -0.497 e. The van der Waals surface area contributed by atoms with Gasteiger partial charge >= 0.3 is 38.1 Å². The highest BCUT2D eigenvalue weighted by Gasteiger charge is 2.41. The van der Waals surface area contributed by atoms with Crippen LogP contribution in [-0.4, -0.2) is 99.2 Å². The van der Waals surface area contributed by atoms with Gasteiger partial charge in [-0.15, -0.1) is 13.2 Å². The molecule has 0 bridgehead atoms. The van der Waals surface area contributed by atoms with Crippen LogP contribution in [0.1, 0.15) is 40.1 Å². The van der Waals surface area contributed by atoms with E-state index >= 15 is 0 Å². The number of benzene rings is 9. The van der Waals surface area contributed by atoms with Crippen LogP contribution in [0.15, 0.2) is 328 Å². The Morgan fingerprint density at radius 1 is 0.317 bits per heavy atom. The first-order valence-corrected chi connectivity index (χ1v) is 42.5. The van der Waals surface area contributed by atoms with Crippen molar-refractivity contribution in [2.75, 3.05) is 33.7 Å². The molecule has 0 saturated heterocycles. The highest BCUT2D eigenvalue weighted by molar-refractivity contribution is 5.82. The van der Waals surface area contributed by atoms with E-state index in [2.05, 4.69) is 90.6 Å². The smallest absolute Gasteiger partial charge is 0.497 e. The first kappa shape index (κ1) is 97.0. The molecule has 0 aliphatic carbocycles. The Labute approximate surface area is 794 Å². The van der Waals surface area contributed by atoms with E-state index in [4.69, 9.17) is 4.74 Å². The Kier molecular flexibility index (Phi) is 28.6. The van der Waals surface area contributed by atoms with Crippen LogP contribution in [0.3, 0.4) is 0 Å². The van der Waals surface area contributed by atoms with Crippen LogP contribution in [0.5, 0.6) is 23.0 Å². The number of alkyl halides is 16. The average molecular weight is 1950 g/mol. The summed E-state index contributed by atoms with van der Waals surface area (Å²) < 4.78 is 231. The molecular formula is C101H73F16N21O4. The molecule has 0 aliphatic heterocycles. The Hall–Kier alpha value is -18.1. The first-order chi connectivity index (χ1) is 68.1. The molecule has 0 unspecified atom stereocenters. The molecule has 20 aromatic rings. The molecule has 5 N–H and O–H groups in total. The molecule has 0 aliphatic rings. The predicted octanol–water partition coefficient (Wildman–Crippen LogP) is 26.8. The Morgan fingerprint density at radius 2 is 0.655 bits per heavy atom. The SMILES string of the molecule is COc1ccc(Nc2ccc(C#N)c(-c3c(C(F)(F)F)nc4ccccn34)n2)cc1.Cc1nc2ccccc2n1-c1cccc(Nc2ccc(C(F)(F)F)cc2)n1.Cc1nc2ccccc2n1-c1cccc(Nc2ccc(OC(F)(F)F)cc2)n1.Cc1nc2ccccc2n1-c1cccc(Nc2ccc(OC(F)F)cc2)n1.FC(F)Oc1ccc(Nc2cccc(-n3c(C(F)(F)F)nc4ccccc43)n2)cc1. The van der Waals surface area contributed by atoms with Crippen LogP contribution in [0, 0.1) is 32.1 Å². The van der Waals surface area contributed by atoms with Crippen molar-refractivity contribution in [3.63, 3.8) is 0 Å². The van der Waals surface area contributed by atoms with Crippen molar-refractivity contribution in [1.29, 1.82) is 5.26 Å². The Bertz CT molecular complexity index is 7860. The van der Waals surface area contributed by atoms with Gasteiger partial charge in [0.1, 0.15) is 116 Å². The second-order valence-corrected chi connectivity index (χ2v) is 30.5. The number of nitriles is 1. The van der Waals surface area contributed by atoms with E-state index in [1.54, 1.807) is 92.0 Å². The normalized spacial score (nSPS) is 11.5. The lowest BCUT2D eigenvalue weighted by molar-refractivity contribution is -0.274. The fourth-order valence-corrected chi connectivity index (χ4v) is 14.8. The quantitative estimate of drug-likeness (QED) is 0.0418. The summed E-state index contributed by atoms with van der Waals surface area (Å²) in [7, 11) is 1.55. The molecule has 0 radical (unpaired) electrons. The van der Waals surface area contributed by atoms with Crippen molar-refractivity contribution >= 4 is 107 Å². The number of para-hydroxylation sites is 8. The van der Waals surface area contributed by atoms with Gasteiger partial charge < -0.3 is 45.5 Å². The van der Waals surface area contributed by atoms with Gasteiger partial charge in [-0.25, -0.2) is 49.8 Å². The van der Waals surface area contributed by atoms with E-state index in [-0.39, 0.29) is 68.3 Å². The third kappa shape index (κ3) is 23.6. The van der Waals surface area contributed by atoms with Gasteiger partial charge in [0.15, 0.2) is 5.69 Å². The standard InChI is InChI=1S/C21H14F3N5O.C20H13F5N4O.C20H15F3N4O.C20H15F3N4.C20H16F2N4O/c1-30-15-8-6-14(7-9-15)26-16-10-5-13(12-25)18(27-16)19-20(21(22,23)24)28-17-4-2-3-11-29(17)19;21-19(22)30-13-10-8-12(9-11-13)26-16-6-3-7-17(28-16)29-15-5-2-1-4-14(15)27-18(29)20(23,24)25;1-13-24-16-5-2-3-6-17(16)27(13)19-8-4-7-18(26-19)25-14-9-11-15(12-10-14)28-20(21,22)23;1-13-24-16-5-2-3-6-17(16)27(13)19-8-4-7-18(26-19)25-15-11-9-14(10-12-15)20(21,22)23;1-13-23-16-5-2-3-6-17(16)26(13)19-8-4-7-18(25-19)24-14-9-11-15(12-10-14)27-20(21)22/h2-11H,1H3,(H,26,27);1-11,19H,(H,26,28);2-12H,1H3,(H,25,26);2-12H,1H3,(H,25,26);2-12,20H,1H3,(H,24,25). The zero-order chi connectivity index (χ0) is 100. The molecule has 0 amide bonds. The van der Waals surface area contributed by atoms with E-state index in [1.165, 1.54) is 120 Å². The predicted molar refractivity (Wildman–Crippen MR) is 503 cm³/mol. The van der Waals surface area contributed by atoms with Gasteiger partial charge in [-0.2, -0.15) is 62.3 Å². The number of halogens is 16. The number of anilines is 10. The zero-order valence-corrected chi connectivity index (χ0v) is 74.2. The Balaban J connectivity index is 0.000000128. The number of fused-ring (bicyclic) bond motifs is 5. The van der Waals surface area contributed by atoms with Crippen molar-refractivity contribution in [1.82, 2.24) is 72.5 Å². The maximum atomic E-state index is 13.7. The van der Waals surface area contributed by atoms with E-state index < -0.39 is 55.2 Å². The first-order valence-electron chi connectivity index (χ1n) is 42.5.